The van der Waals surface area contributed by atoms with Gasteiger partial charge in [0.2, 0.25) is 0 Å². The van der Waals surface area contributed by atoms with E-state index in [2.05, 4.69) is 11.8 Å². The quantitative estimate of drug-likeness (QED) is 0.628. The lowest BCUT2D eigenvalue weighted by Gasteiger charge is -2.42. The van der Waals surface area contributed by atoms with E-state index < -0.39 is 11.0 Å². The van der Waals surface area contributed by atoms with Gasteiger partial charge in [-0.1, -0.05) is 25.7 Å². The standard InChI is InChI=1S/C19H24O4/c1-5-23-17(21)16-8-6-7-14(16)9-10-19(22)13(2)11-15(20)12-18(19,3)4/h11,22H,5-8,12H2,1-4H3. The van der Waals surface area contributed by atoms with Gasteiger partial charge in [0.05, 0.1) is 6.61 Å². The van der Waals surface area contributed by atoms with Crippen LogP contribution in [-0.2, 0) is 14.3 Å². The summed E-state index contributed by atoms with van der Waals surface area (Å²) in [5.74, 6) is 5.65. The Morgan fingerprint density at radius 2 is 2.09 bits per heavy atom. The number of rotatable bonds is 2. The summed E-state index contributed by atoms with van der Waals surface area (Å²) in [5, 5.41) is 11.0. The first-order valence-corrected chi connectivity index (χ1v) is 8.07. The Morgan fingerprint density at radius 3 is 2.70 bits per heavy atom. The average molecular weight is 316 g/mol. The Bertz CT molecular complexity index is 655. The van der Waals surface area contributed by atoms with Crippen LogP contribution in [0.4, 0.5) is 0 Å². The van der Waals surface area contributed by atoms with E-state index in [-0.39, 0.29) is 18.2 Å². The highest BCUT2D eigenvalue weighted by Gasteiger charge is 2.47. The summed E-state index contributed by atoms with van der Waals surface area (Å²) in [6, 6.07) is 0. The lowest BCUT2D eigenvalue weighted by atomic mass is 9.65. The molecule has 0 fully saturated rings. The van der Waals surface area contributed by atoms with Crippen molar-refractivity contribution < 1.29 is 19.4 Å². The van der Waals surface area contributed by atoms with E-state index >= 15 is 0 Å². The third-order valence-corrected chi connectivity index (χ3v) is 4.68. The molecule has 2 rings (SSSR count). The van der Waals surface area contributed by atoms with Crippen molar-refractivity contribution in [3.8, 4) is 11.8 Å². The van der Waals surface area contributed by atoms with Gasteiger partial charge < -0.3 is 9.84 Å². The minimum Gasteiger partial charge on any atom is -0.463 e. The van der Waals surface area contributed by atoms with Crippen LogP contribution in [0.5, 0.6) is 0 Å². The van der Waals surface area contributed by atoms with Gasteiger partial charge in [-0.25, -0.2) is 4.79 Å². The van der Waals surface area contributed by atoms with Crippen molar-refractivity contribution in [2.45, 2.75) is 59.0 Å². The highest BCUT2D eigenvalue weighted by atomic mass is 16.5. The zero-order valence-corrected chi connectivity index (χ0v) is 14.3. The number of esters is 1. The summed E-state index contributed by atoms with van der Waals surface area (Å²) in [4.78, 5) is 23.7. The second-order valence-electron chi connectivity index (χ2n) is 6.85. The maximum Gasteiger partial charge on any atom is 0.334 e. The summed E-state index contributed by atoms with van der Waals surface area (Å²) < 4.78 is 5.07. The van der Waals surface area contributed by atoms with Crippen LogP contribution in [-0.4, -0.2) is 29.1 Å². The first-order chi connectivity index (χ1) is 10.7. The van der Waals surface area contributed by atoms with Gasteiger partial charge in [0.1, 0.15) is 0 Å². The van der Waals surface area contributed by atoms with Gasteiger partial charge in [-0.2, -0.15) is 0 Å². The van der Waals surface area contributed by atoms with E-state index in [9.17, 15) is 14.7 Å². The van der Waals surface area contributed by atoms with Gasteiger partial charge in [0.15, 0.2) is 11.4 Å². The Hall–Kier alpha value is -1.86. The van der Waals surface area contributed by atoms with Crippen molar-refractivity contribution in [3.63, 3.8) is 0 Å². The number of hydrogen-bond acceptors (Lipinski definition) is 4. The summed E-state index contributed by atoms with van der Waals surface area (Å²) in [6.45, 7) is 7.51. The molecule has 23 heavy (non-hydrogen) atoms. The molecule has 0 spiro atoms. The van der Waals surface area contributed by atoms with Gasteiger partial charge in [-0.15, -0.1) is 0 Å². The van der Waals surface area contributed by atoms with E-state index in [1.807, 2.05) is 13.8 Å². The van der Waals surface area contributed by atoms with Crippen molar-refractivity contribution in [2.75, 3.05) is 6.61 Å². The number of hydrogen-bond donors (Lipinski definition) is 1. The topological polar surface area (TPSA) is 63.6 Å². The van der Waals surface area contributed by atoms with Crippen LogP contribution in [0.15, 0.2) is 22.8 Å². The van der Waals surface area contributed by atoms with E-state index in [4.69, 9.17) is 4.74 Å². The van der Waals surface area contributed by atoms with E-state index in [1.165, 1.54) is 6.08 Å². The third-order valence-electron chi connectivity index (χ3n) is 4.68. The van der Waals surface area contributed by atoms with Gasteiger partial charge in [-0.05, 0) is 44.8 Å². The monoisotopic (exact) mass is 316 g/mol. The molecule has 0 saturated heterocycles. The Kier molecular flexibility index (Phi) is 4.81. The van der Waals surface area contributed by atoms with Crippen LogP contribution in [0.3, 0.4) is 0 Å². The molecule has 1 atom stereocenters. The lowest BCUT2D eigenvalue weighted by molar-refractivity contribution is -0.138. The van der Waals surface area contributed by atoms with Crippen molar-refractivity contribution >= 4 is 11.8 Å². The fourth-order valence-electron chi connectivity index (χ4n) is 3.25. The number of ether oxygens (including phenoxy) is 1. The van der Waals surface area contributed by atoms with Gasteiger partial charge >= 0.3 is 5.97 Å². The van der Waals surface area contributed by atoms with Crippen molar-refractivity contribution in [3.05, 3.63) is 22.8 Å². The number of carbonyl (C=O) groups is 2. The van der Waals surface area contributed by atoms with E-state index in [0.29, 0.717) is 24.2 Å². The van der Waals surface area contributed by atoms with Crippen LogP contribution in [0.1, 0.15) is 53.4 Å². The molecule has 0 aromatic heterocycles. The third kappa shape index (κ3) is 3.25. The normalized spacial score (nSPS) is 26.5. The molecule has 1 unspecified atom stereocenters. The molecule has 0 aromatic carbocycles. The molecule has 2 aliphatic rings. The highest BCUT2D eigenvalue weighted by molar-refractivity contribution is 5.93. The molecule has 0 aromatic rings. The maximum atomic E-state index is 12.0. The molecule has 0 bridgehead atoms. The predicted molar refractivity (Wildman–Crippen MR) is 87.4 cm³/mol. The lowest BCUT2D eigenvalue weighted by Crippen LogP contribution is -2.48. The Morgan fingerprint density at radius 1 is 1.39 bits per heavy atom. The molecule has 4 nitrogen and oxygen atoms in total. The van der Waals surface area contributed by atoms with Gasteiger partial charge in [-0.3, -0.25) is 4.79 Å². The molecule has 124 valence electrons. The van der Waals surface area contributed by atoms with Crippen LogP contribution in [0.2, 0.25) is 0 Å². The van der Waals surface area contributed by atoms with Crippen molar-refractivity contribution in [1.29, 1.82) is 0 Å². The first-order valence-electron chi connectivity index (χ1n) is 8.07. The van der Waals surface area contributed by atoms with Crippen molar-refractivity contribution in [2.24, 2.45) is 5.41 Å². The molecule has 0 radical (unpaired) electrons. The van der Waals surface area contributed by atoms with E-state index in [0.717, 1.165) is 18.4 Å². The minimum absolute atomic E-state index is 0.00581. The van der Waals surface area contributed by atoms with Crippen LogP contribution in [0, 0.1) is 17.3 Å². The highest BCUT2D eigenvalue weighted by Crippen LogP contribution is 2.43. The molecule has 4 heteroatoms. The number of allylic oxidation sites excluding steroid dienone is 2. The molecular formula is C19H24O4. The molecule has 0 aliphatic heterocycles. The number of aliphatic hydroxyl groups is 1. The summed E-state index contributed by atoms with van der Waals surface area (Å²) in [5.41, 5.74) is -0.107. The molecule has 0 saturated carbocycles. The first kappa shape index (κ1) is 17.5. The smallest absolute Gasteiger partial charge is 0.334 e. The zero-order chi connectivity index (χ0) is 17.3. The fourth-order valence-corrected chi connectivity index (χ4v) is 3.25. The van der Waals surface area contributed by atoms with Crippen LogP contribution < -0.4 is 0 Å². The van der Waals surface area contributed by atoms with Crippen LogP contribution in [0.25, 0.3) is 0 Å². The van der Waals surface area contributed by atoms with E-state index in [1.54, 1.807) is 13.8 Å². The Balaban J connectivity index is 2.40. The predicted octanol–water partition coefficient (Wildman–Crippen LogP) is 2.71. The molecular weight excluding hydrogens is 292 g/mol. The fraction of sp³-hybridized carbons (Fsp3) is 0.579. The molecule has 1 N–H and O–H groups in total. The second kappa shape index (κ2) is 6.33. The second-order valence-corrected chi connectivity index (χ2v) is 6.85. The Labute approximate surface area is 137 Å². The summed E-state index contributed by atoms with van der Waals surface area (Å²) >= 11 is 0. The largest absolute Gasteiger partial charge is 0.463 e. The van der Waals surface area contributed by atoms with Gasteiger partial charge in [0.25, 0.3) is 0 Å². The average Bonchev–Trinajstić information content (AvgIpc) is 2.91. The number of carbonyl (C=O) groups excluding carboxylic acids is 2. The SMILES string of the molecule is CCOC(=O)C1=C(C#CC2(O)C(C)=CC(=O)CC2(C)C)CCC1. The van der Waals surface area contributed by atoms with Gasteiger partial charge in [0, 0.05) is 23.0 Å². The minimum atomic E-state index is -1.36. The molecule has 0 heterocycles. The summed E-state index contributed by atoms with van der Waals surface area (Å²) in [7, 11) is 0. The van der Waals surface area contributed by atoms with Crippen LogP contribution >= 0.6 is 0 Å². The maximum absolute atomic E-state index is 12.0. The van der Waals surface area contributed by atoms with Crippen molar-refractivity contribution in [1.82, 2.24) is 0 Å². The molecule has 0 amide bonds. The summed E-state index contributed by atoms with van der Waals surface area (Å²) in [6.07, 6.45) is 3.97. The molecule has 2 aliphatic carbocycles. The number of ketones is 1. The zero-order valence-electron chi connectivity index (χ0n) is 14.3.